The van der Waals surface area contributed by atoms with Gasteiger partial charge in [-0.3, -0.25) is 4.79 Å². The molecular formula is C36H36FN3O5S. The van der Waals surface area contributed by atoms with Gasteiger partial charge in [-0.2, -0.15) is 5.26 Å². The van der Waals surface area contributed by atoms with Gasteiger partial charge in [-0.1, -0.05) is 36.4 Å². The standard InChI is InChI=1S/C36H36FN3O5S/c1-36(2,45-35(39)42)20-23-13-15-40(16-14-23)34(41)32-19-28(25-9-10-27(21-38)29(37)17-25)33(46-32)26-11-12-30(43-3)31(18-26)44-22-24-7-5-4-6-8-24/h4-12,17-19,23H,13-16,20,22H2,1-3H3,(H2,39,42). The van der Waals surface area contributed by atoms with E-state index in [-0.39, 0.29) is 17.4 Å². The van der Waals surface area contributed by atoms with E-state index in [2.05, 4.69) is 0 Å². The van der Waals surface area contributed by atoms with Crippen LogP contribution >= 0.6 is 11.3 Å². The molecule has 0 radical (unpaired) electrons. The van der Waals surface area contributed by atoms with Gasteiger partial charge in [0.15, 0.2) is 11.5 Å². The Bertz CT molecular complexity index is 1760. The molecule has 1 aromatic heterocycles. The predicted molar refractivity (Wildman–Crippen MR) is 175 cm³/mol. The molecule has 0 unspecified atom stereocenters. The third kappa shape index (κ3) is 7.66. The third-order valence-electron chi connectivity index (χ3n) is 8.07. The Labute approximate surface area is 272 Å². The summed E-state index contributed by atoms with van der Waals surface area (Å²) in [6, 6.07) is 23.5. The lowest BCUT2D eigenvalue weighted by atomic mass is 9.86. The number of rotatable bonds is 10. The van der Waals surface area contributed by atoms with Gasteiger partial charge in [0.25, 0.3) is 5.91 Å². The van der Waals surface area contributed by atoms with Crippen molar-refractivity contribution in [1.29, 1.82) is 5.26 Å². The molecule has 238 valence electrons. The van der Waals surface area contributed by atoms with Gasteiger partial charge >= 0.3 is 6.09 Å². The van der Waals surface area contributed by atoms with Gasteiger partial charge in [0, 0.05) is 23.5 Å². The van der Waals surface area contributed by atoms with Crippen LogP contribution in [0.25, 0.3) is 21.6 Å². The number of nitrogens with two attached hydrogens (primary N) is 1. The number of nitriles is 1. The molecule has 4 aromatic rings. The smallest absolute Gasteiger partial charge is 0.405 e. The summed E-state index contributed by atoms with van der Waals surface area (Å²) in [5.41, 5.74) is 7.51. The minimum absolute atomic E-state index is 0.0508. The number of likely N-dealkylation sites (tertiary alicyclic amines) is 1. The number of hydrogen-bond donors (Lipinski definition) is 1. The number of carbonyl (C=O) groups excluding carboxylic acids is 2. The van der Waals surface area contributed by atoms with E-state index in [0.29, 0.717) is 53.6 Å². The lowest BCUT2D eigenvalue weighted by Gasteiger charge is -2.35. The summed E-state index contributed by atoms with van der Waals surface area (Å²) in [6.45, 7) is 5.14. The van der Waals surface area contributed by atoms with E-state index in [1.54, 1.807) is 19.2 Å². The lowest BCUT2D eigenvalue weighted by Crippen LogP contribution is -2.41. The molecule has 2 N–H and O–H groups in total. The molecule has 1 aliphatic rings. The van der Waals surface area contributed by atoms with E-state index in [1.165, 1.54) is 23.5 Å². The van der Waals surface area contributed by atoms with Crippen LogP contribution in [0.15, 0.2) is 72.8 Å². The van der Waals surface area contributed by atoms with Crippen LogP contribution in [0.4, 0.5) is 9.18 Å². The monoisotopic (exact) mass is 641 g/mol. The number of ether oxygens (including phenoxy) is 3. The van der Waals surface area contributed by atoms with Gasteiger partial charge in [0.05, 0.1) is 17.6 Å². The van der Waals surface area contributed by atoms with Crippen LogP contribution in [0.5, 0.6) is 11.5 Å². The predicted octanol–water partition coefficient (Wildman–Crippen LogP) is 7.80. The molecule has 3 aromatic carbocycles. The molecule has 2 amide bonds. The van der Waals surface area contributed by atoms with Crippen molar-refractivity contribution in [2.75, 3.05) is 20.2 Å². The van der Waals surface area contributed by atoms with Crippen LogP contribution in [0, 0.1) is 23.1 Å². The Kier molecular flexibility index (Phi) is 9.93. The quantitative estimate of drug-likeness (QED) is 0.189. The summed E-state index contributed by atoms with van der Waals surface area (Å²) in [4.78, 5) is 28.2. The molecule has 2 heterocycles. The number of nitrogens with zero attached hydrogens (tertiary/aromatic N) is 2. The number of amides is 2. The maximum atomic E-state index is 14.8. The highest BCUT2D eigenvalue weighted by atomic mass is 32.1. The molecule has 8 nitrogen and oxygen atoms in total. The van der Waals surface area contributed by atoms with Crippen LogP contribution < -0.4 is 15.2 Å². The number of primary amides is 1. The average Bonchev–Trinajstić information content (AvgIpc) is 3.49. The summed E-state index contributed by atoms with van der Waals surface area (Å²) in [7, 11) is 1.58. The van der Waals surface area contributed by atoms with Crippen LogP contribution in [-0.4, -0.2) is 42.7 Å². The minimum atomic E-state index is -0.796. The van der Waals surface area contributed by atoms with E-state index in [0.717, 1.165) is 28.8 Å². The fourth-order valence-corrected chi connectivity index (χ4v) is 7.01. The fourth-order valence-electron chi connectivity index (χ4n) is 5.87. The van der Waals surface area contributed by atoms with E-state index in [9.17, 15) is 19.2 Å². The molecule has 10 heteroatoms. The number of benzene rings is 3. The first-order valence-electron chi connectivity index (χ1n) is 15.0. The van der Waals surface area contributed by atoms with Crippen LogP contribution in [0.3, 0.4) is 0 Å². The highest BCUT2D eigenvalue weighted by molar-refractivity contribution is 7.18. The van der Waals surface area contributed by atoms with Crippen LogP contribution in [-0.2, 0) is 11.3 Å². The average molecular weight is 642 g/mol. The van der Waals surface area contributed by atoms with E-state index >= 15 is 0 Å². The largest absolute Gasteiger partial charge is 0.493 e. The molecule has 0 aliphatic carbocycles. The van der Waals surface area contributed by atoms with Crippen molar-refractivity contribution in [2.45, 2.75) is 45.3 Å². The first-order valence-corrected chi connectivity index (χ1v) is 15.8. The maximum absolute atomic E-state index is 14.8. The van der Waals surface area contributed by atoms with Gasteiger partial charge in [-0.05, 0) is 92.1 Å². The molecule has 0 bridgehead atoms. The summed E-state index contributed by atoms with van der Waals surface area (Å²) in [5, 5.41) is 9.27. The second-order valence-corrected chi connectivity index (χ2v) is 13.0. The molecular weight excluding hydrogens is 605 g/mol. The number of methoxy groups -OCH3 is 1. The number of piperidine rings is 1. The summed E-state index contributed by atoms with van der Waals surface area (Å²) < 4.78 is 31.8. The first-order chi connectivity index (χ1) is 22.1. The van der Waals surface area contributed by atoms with Gasteiger partial charge < -0.3 is 24.8 Å². The fraction of sp³-hybridized carbons (Fsp3) is 0.306. The first kappa shape index (κ1) is 32.5. The zero-order valence-corrected chi connectivity index (χ0v) is 26.9. The number of carbonyl (C=O) groups is 2. The Hall–Kier alpha value is -4.88. The maximum Gasteiger partial charge on any atom is 0.405 e. The van der Waals surface area contributed by atoms with Crippen molar-refractivity contribution in [2.24, 2.45) is 11.7 Å². The van der Waals surface area contributed by atoms with Crippen molar-refractivity contribution in [3.63, 3.8) is 0 Å². The van der Waals surface area contributed by atoms with Crippen molar-refractivity contribution < 1.29 is 28.2 Å². The Balaban J connectivity index is 1.44. The zero-order valence-electron chi connectivity index (χ0n) is 26.0. The second kappa shape index (κ2) is 14.0. The van der Waals surface area contributed by atoms with E-state index in [4.69, 9.17) is 19.9 Å². The normalized spacial score (nSPS) is 13.6. The summed E-state index contributed by atoms with van der Waals surface area (Å²) in [5.74, 6) is 0.644. The molecule has 1 aliphatic heterocycles. The van der Waals surface area contributed by atoms with Crippen LogP contribution in [0.1, 0.15) is 53.9 Å². The highest BCUT2D eigenvalue weighted by Gasteiger charge is 2.31. The van der Waals surface area contributed by atoms with Gasteiger partial charge in [0.2, 0.25) is 0 Å². The Morgan fingerprint density at radius 1 is 1.02 bits per heavy atom. The SMILES string of the molecule is COc1ccc(-c2sc(C(=O)N3CCC(CC(C)(C)OC(N)=O)CC3)cc2-c2ccc(C#N)c(F)c2)cc1OCc1ccccc1. The molecule has 1 saturated heterocycles. The highest BCUT2D eigenvalue weighted by Crippen LogP contribution is 2.43. The van der Waals surface area contributed by atoms with Crippen molar-refractivity contribution in [1.82, 2.24) is 4.90 Å². The molecule has 1 fully saturated rings. The molecule has 0 spiro atoms. The molecule has 46 heavy (non-hydrogen) atoms. The van der Waals surface area contributed by atoms with Crippen LogP contribution in [0.2, 0.25) is 0 Å². The summed E-state index contributed by atoms with van der Waals surface area (Å²) >= 11 is 1.33. The van der Waals surface area contributed by atoms with Crippen molar-refractivity contribution in [3.8, 4) is 39.1 Å². The Morgan fingerprint density at radius 2 is 1.74 bits per heavy atom. The van der Waals surface area contributed by atoms with Crippen molar-refractivity contribution in [3.05, 3.63) is 94.6 Å². The number of thiophene rings is 1. The topological polar surface area (TPSA) is 115 Å². The van der Waals surface area contributed by atoms with Gasteiger partial charge in [-0.15, -0.1) is 11.3 Å². The van der Waals surface area contributed by atoms with Crippen molar-refractivity contribution >= 4 is 23.3 Å². The minimum Gasteiger partial charge on any atom is -0.493 e. The van der Waals surface area contributed by atoms with E-state index < -0.39 is 17.5 Å². The van der Waals surface area contributed by atoms with Gasteiger partial charge in [0.1, 0.15) is 24.1 Å². The molecule has 0 saturated carbocycles. The third-order valence-corrected chi connectivity index (χ3v) is 9.24. The zero-order chi connectivity index (χ0) is 32.8. The Morgan fingerprint density at radius 3 is 2.39 bits per heavy atom. The van der Waals surface area contributed by atoms with Gasteiger partial charge in [-0.25, -0.2) is 9.18 Å². The number of halogens is 1. The number of hydrogen-bond acceptors (Lipinski definition) is 7. The second-order valence-electron chi connectivity index (χ2n) is 11.9. The summed E-state index contributed by atoms with van der Waals surface area (Å²) in [6.07, 6.45) is 1.39. The molecule has 5 rings (SSSR count). The molecule has 0 atom stereocenters. The van der Waals surface area contributed by atoms with E-state index in [1.807, 2.05) is 73.3 Å². The lowest BCUT2D eigenvalue weighted by molar-refractivity contribution is 0.0174.